The molecule has 0 spiro atoms. The first-order valence-electron chi connectivity index (χ1n) is 4.32. The summed E-state index contributed by atoms with van der Waals surface area (Å²) < 4.78 is 0. The molecule has 0 bridgehead atoms. The Labute approximate surface area is 81.3 Å². The Morgan fingerprint density at radius 2 is 2.43 bits per heavy atom. The number of nitrogens with one attached hydrogen (secondary N) is 2. The highest BCUT2D eigenvalue weighted by Gasteiger charge is 2.36. The minimum atomic E-state index is -0.789. The fourth-order valence-corrected chi connectivity index (χ4v) is 1.51. The fraction of sp³-hybridized carbons (Fsp3) is 0.500. The molecule has 1 amide bonds. The van der Waals surface area contributed by atoms with Gasteiger partial charge in [0.2, 0.25) is 5.91 Å². The third kappa shape index (κ3) is 1.28. The number of hydrogen-bond donors (Lipinski definition) is 3. The monoisotopic (exact) mass is 196 g/mol. The molecule has 3 N–H and O–H groups in total. The third-order valence-corrected chi connectivity index (χ3v) is 2.32. The van der Waals surface area contributed by atoms with E-state index in [-0.39, 0.29) is 5.91 Å². The topological polar surface area (TPSA) is 77.0 Å². The Morgan fingerprint density at radius 3 is 3.14 bits per heavy atom. The van der Waals surface area contributed by atoms with Gasteiger partial charge in [-0.1, -0.05) is 6.58 Å². The zero-order chi connectivity index (χ0) is 10.3. The van der Waals surface area contributed by atoms with Crippen LogP contribution in [0, 0.1) is 0 Å². The molecule has 14 heavy (non-hydrogen) atoms. The van der Waals surface area contributed by atoms with Gasteiger partial charge in [0, 0.05) is 13.6 Å². The first-order valence-corrected chi connectivity index (χ1v) is 4.32. The largest absolute Gasteiger partial charge is 0.370 e. The molecule has 1 saturated heterocycles. The van der Waals surface area contributed by atoms with Crippen molar-refractivity contribution in [1.29, 1.82) is 0 Å². The number of aliphatic hydroxyl groups is 1. The van der Waals surface area contributed by atoms with Crippen molar-refractivity contribution in [2.24, 2.45) is 4.99 Å². The number of carbonyl (C=O) groups is 1. The Bertz CT molecular complexity index is 325. The molecular formula is C8H12N4O2. The molecule has 2 aliphatic rings. The molecule has 2 atom stereocenters. The van der Waals surface area contributed by atoms with E-state index < -0.39 is 12.3 Å². The second-order valence-corrected chi connectivity index (χ2v) is 3.30. The first kappa shape index (κ1) is 9.17. The van der Waals surface area contributed by atoms with Crippen molar-refractivity contribution >= 4 is 11.7 Å². The summed E-state index contributed by atoms with van der Waals surface area (Å²) in [4.78, 5) is 17.1. The lowest BCUT2D eigenvalue weighted by Gasteiger charge is -2.37. The van der Waals surface area contributed by atoms with Gasteiger partial charge in [0.1, 0.15) is 17.7 Å². The summed E-state index contributed by atoms with van der Waals surface area (Å²) in [6.07, 6.45) is -0.789. The summed E-state index contributed by atoms with van der Waals surface area (Å²) in [5.41, 5.74) is 0. The molecule has 2 unspecified atom stereocenters. The van der Waals surface area contributed by atoms with Crippen molar-refractivity contribution in [3.63, 3.8) is 0 Å². The van der Waals surface area contributed by atoms with Gasteiger partial charge in [0.15, 0.2) is 6.23 Å². The standard InChI is InChI=1S/C8H12N4O2/c1-4-10-8(14)6-7(12(4)2)11-5(13)3-9-6/h5-6,9,13H,1,3H2,2H3,(H,10,14). The molecule has 2 rings (SSSR count). The van der Waals surface area contributed by atoms with Gasteiger partial charge in [0.25, 0.3) is 0 Å². The van der Waals surface area contributed by atoms with Crippen molar-refractivity contribution < 1.29 is 9.90 Å². The van der Waals surface area contributed by atoms with E-state index in [1.54, 1.807) is 11.9 Å². The number of carbonyl (C=O) groups excluding carboxylic acids is 1. The molecule has 0 aromatic carbocycles. The average molecular weight is 196 g/mol. The van der Waals surface area contributed by atoms with Crippen LogP contribution in [0.3, 0.4) is 0 Å². The lowest BCUT2D eigenvalue weighted by Crippen LogP contribution is -2.63. The molecule has 76 valence electrons. The number of amidine groups is 1. The minimum absolute atomic E-state index is 0.182. The van der Waals surface area contributed by atoms with E-state index in [1.807, 2.05) is 0 Å². The van der Waals surface area contributed by atoms with Crippen molar-refractivity contribution in [3.8, 4) is 0 Å². The Kier molecular flexibility index (Phi) is 2.01. The summed E-state index contributed by atoms with van der Waals surface area (Å²) in [6, 6.07) is -0.478. The van der Waals surface area contributed by atoms with Gasteiger partial charge in [-0.3, -0.25) is 10.1 Å². The number of rotatable bonds is 0. The van der Waals surface area contributed by atoms with E-state index in [2.05, 4.69) is 22.2 Å². The molecule has 0 radical (unpaired) electrons. The normalized spacial score (nSPS) is 32.1. The number of fused-ring (bicyclic) bond motifs is 1. The number of nitrogens with zero attached hydrogens (tertiary/aromatic N) is 2. The van der Waals surface area contributed by atoms with Crippen molar-refractivity contribution in [2.75, 3.05) is 13.6 Å². The lowest BCUT2D eigenvalue weighted by atomic mass is 10.1. The van der Waals surface area contributed by atoms with Gasteiger partial charge >= 0.3 is 0 Å². The summed E-state index contributed by atoms with van der Waals surface area (Å²) >= 11 is 0. The van der Waals surface area contributed by atoms with Gasteiger partial charge in [-0.25, -0.2) is 4.99 Å². The van der Waals surface area contributed by atoms with E-state index in [1.165, 1.54) is 0 Å². The fourth-order valence-electron chi connectivity index (χ4n) is 1.51. The minimum Gasteiger partial charge on any atom is -0.370 e. The molecule has 0 aromatic heterocycles. The molecule has 0 aromatic rings. The summed E-state index contributed by atoms with van der Waals surface area (Å²) in [7, 11) is 1.74. The molecule has 1 fully saturated rings. The number of β-amino-alcohol motifs (C(OH)–C–C–N with tert-alkyl or cyclic N) is 1. The zero-order valence-corrected chi connectivity index (χ0v) is 7.82. The summed E-state index contributed by atoms with van der Waals surface area (Å²) in [6.45, 7) is 3.96. The van der Waals surface area contributed by atoms with Crippen molar-refractivity contribution in [2.45, 2.75) is 12.3 Å². The molecule has 6 nitrogen and oxygen atoms in total. The van der Waals surface area contributed by atoms with Gasteiger partial charge in [-0.05, 0) is 0 Å². The zero-order valence-electron chi connectivity index (χ0n) is 7.82. The predicted octanol–water partition coefficient (Wildman–Crippen LogP) is -1.79. The number of likely N-dealkylation sites (N-methyl/N-ethyl adjacent to an activating group) is 1. The van der Waals surface area contributed by atoms with E-state index >= 15 is 0 Å². The van der Waals surface area contributed by atoms with Gasteiger partial charge < -0.3 is 15.3 Å². The van der Waals surface area contributed by atoms with E-state index in [9.17, 15) is 9.90 Å². The highest BCUT2D eigenvalue weighted by molar-refractivity contribution is 6.10. The van der Waals surface area contributed by atoms with E-state index in [4.69, 9.17) is 0 Å². The number of aliphatic imine (C=N–C) groups is 1. The highest BCUT2D eigenvalue weighted by Crippen LogP contribution is 2.12. The van der Waals surface area contributed by atoms with Crippen LogP contribution in [0.15, 0.2) is 17.4 Å². The van der Waals surface area contributed by atoms with Gasteiger partial charge in [-0.2, -0.15) is 0 Å². The maximum Gasteiger partial charge on any atom is 0.250 e. The molecule has 2 aliphatic heterocycles. The van der Waals surface area contributed by atoms with Crippen LogP contribution in [0.1, 0.15) is 0 Å². The van der Waals surface area contributed by atoms with Crippen LogP contribution in [0.25, 0.3) is 0 Å². The van der Waals surface area contributed by atoms with Crippen LogP contribution in [0.2, 0.25) is 0 Å². The van der Waals surface area contributed by atoms with Crippen LogP contribution in [0.5, 0.6) is 0 Å². The smallest absolute Gasteiger partial charge is 0.250 e. The third-order valence-electron chi connectivity index (χ3n) is 2.32. The molecular weight excluding hydrogens is 184 g/mol. The maximum atomic E-state index is 11.5. The number of amides is 1. The van der Waals surface area contributed by atoms with Crippen molar-refractivity contribution in [3.05, 3.63) is 12.4 Å². The van der Waals surface area contributed by atoms with Crippen LogP contribution in [0.4, 0.5) is 0 Å². The van der Waals surface area contributed by atoms with Crippen LogP contribution in [-0.2, 0) is 4.79 Å². The first-order chi connectivity index (χ1) is 6.59. The quantitative estimate of drug-likeness (QED) is 0.427. The predicted molar refractivity (Wildman–Crippen MR) is 50.3 cm³/mol. The van der Waals surface area contributed by atoms with Crippen molar-refractivity contribution in [1.82, 2.24) is 15.5 Å². The lowest BCUT2D eigenvalue weighted by molar-refractivity contribution is -0.122. The molecule has 0 saturated carbocycles. The van der Waals surface area contributed by atoms with Gasteiger partial charge in [0.05, 0.1) is 0 Å². The highest BCUT2D eigenvalue weighted by atomic mass is 16.3. The summed E-state index contributed by atoms with van der Waals surface area (Å²) in [5, 5.41) is 14.8. The average Bonchev–Trinajstić information content (AvgIpc) is 2.14. The van der Waals surface area contributed by atoms with Crippen LogP contribution < -0.4 is 10.6 Å². The molecule has 2 heterocycles. The van der Waals surface area contributed by atoms with E-state index in [0.29, 0.717) is 18.2 Å². The number of aliphatic hydroxyl groups excluding tert-OH is 1. The Hall–Kier alpha value is -1.40. The van der Waals surface area contributed by atoms with E-state index in [0.717, 1.165) is 0 Å². The van der Waals surface area contributed by atoms with Crippen LogP contribution in [-0.4, -0.2) is 47.6 Å². The second-order valence-electron chi connectivity index (χ2n) is 3.30. The Morgan fingerprint density at radius 1 is 1.71 bits per heavy atom. The molecule has 6 heteroatoms. The van der Waals surface area contributed by atoms with Gasteiger partial charge in [-0.15, -0.1) is 0 Å². The SMILES string of the molecule is C=C1NC(=O)C2NCC(O)N=C2N1C. The second kappa shape index (κ2) is 3.07. The molecule has 0 aliphatic carbocycles. The number of hydrogen-bond acceptors (Lipinski definition) is 5. The van der Waals surface area contributed by atoms with Crippen LogP contribution >= 0.6 is 0 Å². The Balaban J connectivity index is 2.34. The summed E-state index contributed by atoms with van der Waals surface area (Å²) in [5.74, 6) is 0.803. The maximum absolute atomic E-state index is 11.5.